The number of benzene rings is 1. The van der Waals surface area contributed by atoms with Crippen LogP contribution < -0.4 is 5.32 Å². The van der Waals surface area contributed by atoms with Crippen molar-refractivity contribution < 1.29 is 0 Å². The Morgan fingerprint density at radius 1 is 1.06 bits per heavy atom. The van der Waals surface area contributed by atoms with E-state index in [1.54, 1.807) is 0 Å². The van der Waals surface area contributed by atoms with Gasteiger partial charge in [-0.25, -0.2) is 0 Å². The van der Waals surface area contributed by atoms with Gasteiger partial charge in [0.05, 0.1) is 6.04 Å². The quantitative estimate of drug-likeness (QED) is 0.815. The molecule has 1 N–H and O–H groups in total. The summed E-state index contributed by atoms with van der Waals surface area (Å²) in [5.41, 5.74) is 3.92. The van der Waals surface area contributed by atoms with Crippen molar-refractivity contribution in [3.8, 4) is 0 Å². The van der Waals surface area contributed by atoms with Crippen molar-refractivity contribution in [3.05, 3.63) is 51.2 Å². The summed E-state index contributed by atoms with van der Waals surface area (Å²) in [4.78, 5) is 2.76. The molecule has 1 heterocycles. The summed E-state index contributed by atoms with van der Waals surface area (Å²) in [5, 5.41) is 3.59. The number of rotatable bonds is 3. The van der Waals surface area contributed by atoms with Crippen molar-refractivity contribution in [3.63, 3.8) is 0 Å². The van der Waals surface area contributed by atoms with Gasteiger partial charge in [0.2, 0.25) is 0 Å². The molecule has 0 aliphatic heterocycles. The average Bonchev–Trinajstić information content (AvgIpc) is 2.72. The van der Waals surface area contributed by atoms with Gasteiger partial charge in [0.1, 0.15) is 0 Å². The van der Waals surface area contributed by atoms with Crippen molar-refractivity contribution in [1.82, 2.24) is 0 Å². The molecule has 1 unspecified atom stereocenters. The molecule has 0 fully saturated rings. The van der Waals surface area contributed by atoms with Crippen LogP contribution in [0.3, 0.4) is 0 Å². The minimum absolute atomic E-state index is 0.370. The topological polar surface area (TPSA) is 12.0 Å². The standard InChI is InChI=1S/C15H19NS/c1-10-6-5-7-14(12(10)3)16-13(4)15-9-8-11(2)17-15/h5-9,13,16H,1-4H3. The molecule has 0 aliphatic rings. The third-order valence-corrected chi connectivity index (χ3v) is 4.35. The molecule has 2 aromatic rings. The minimum Gasteiger partial charge on any atom is -0.377 e. The lowest BCUT2D eigenvalue weighted by Gasteiger charge is -2.16. The Labute approximate surface area is 108 Å². The molecule has 1 nitrogen and oxygen atoms in total. The number of hydrogen-bond donors (Lipinski definition) is 1. The van der Waals surface area contributed by atoms with Gasteiger partial charge < -0.3 is 5.32 Å². The van der Waals surface area contributed by atoms with E-state index in [0.717, 1.165) is 0 Å². The van der Waals surface area contributed by atoms with E-state index in [1.807, 2.05) is 11.3 Å². The van der Waals surface area contributed by atoms with Crippen LogP contribution in [-0.2, 0) is 0 Å². The second kappa shape index (κ2) is 4.92. The number of hydrogen-bond acceptors (Lipinski definition) is 2. The summed E-state index contributed by atoms with van der Waals surface area (Å²) >= 11 is 1.86. The third kappa shape index (κ3) is 2.70. The van der Waals surface area contributed by atoms with Crippen molar-refractivity contribution in [2.75, 3.05) is 5.32 Å². The van der Waals surface area contributed by atoms with Crippen LogP contribution in [-0.4, -0.2) is 0 Å². The zero-order chi connectivity index (χ0) is 12.4. The second-order valence-electron chi connectivity index (χ2n) is 4.56. The summed E-state index contributed by atoms with van der Waals surface area (Å²) in [6, 6.07) is 11.2. The first-order valence-corrected chi connectivity index (χ1v) is 6.78. The maximum atomic E-state index is 3.59. The van der Waals surface area contributed by atoms with Gasteiger partial charge in [-0.1, -0.05) is 12.1 Å². The molecule has 1 aromatic heterocycles. The van der Waals surface area contributed by atoms with Gasteiger partial charge >= 0.3 is 0 Å². The maximum absolute atomic E-state index is 3.59. The molecule has 2 heteroatoms. The molecule has 90 valence electrons. The Hall–Kier alpha value is -1.28. The van der Waals surface area contributed by atoms with E-state index in [9.17, 15) is 0 Å². The summed E-state index contributed by atoms with van der Waals surface area (Å²) in [7, 11) is 0. The van der Waals surface area contributed by atoms with Crippen molar-refractivity contribution in [2.24, 2.45) is 0 Å². The van der Waals surface area contributed by atoms with E-state index in [4.69, 9.17) is 0 Å². The summed E-state index contributed by atoms with van der Waals surface area (Å²) < 4.78 is 0. The molecule has 0 aliphatic carbocycles. The van der Waals surface area contributed by atoms with Crippen LogP contribution >= 0.6 is 11.3 Å². The molecule has 1 atom stereocenters. The third-order valence-electron chi connectivity index (χ3n) is 3.16. The highest BCUT2D eigenvalue weighted by Crippen LogP contribution is 2.27. The molecule has 0 spiro atoms. The molecule has 0 radical (unpaired) electrons. The first-order chi connectivity index (χ1) is 8.08. The van der Waals surface area contributed by atoms with Crippen LogP contribution in [0, 0.1) is 20.8 Å². The van der Waals surface area contributed by atoms with E-state index in [1.165, 1.54) is 26.6 Å². The van der Waals surface area contributed by atoms with Crippen LogP contribution in [0.1, 0.15) is 33.8 Å². The number of nitrogens with one attached hydrogen (secondary N) is 1. The lowest BCUT2D eigenvalue weighted by atomic mass is 10.1. The smallest absolute Gasteiger partial charge is 0.0578 e. The van der Waals surface area contributed by atoms with Crippen LogP contribution in [0.4, 0.5) is 5.69 Å². The van der Waals surface area contributed by atoms with Crippen LogP contribution in [0.2, 0.25) is 0 Å². The molecule has 0 saturated heterocycles. The van der Waals surface area contributed by atoms with Crippen LogP contribution in [0.15, 0.2) is 30.3 Å². The highest BCUT2D eigenvalue weighted by molar-refractivity contribution is 7.12. The lowest BCUT2D eigenvalue weighted by Crippen LogP contribution is -2.06. The fourth-order valence-corrected chi connectivity index (χ4v) is 2.78. The predicted octanol–water partition coefficient (Wildman–Crippen LogP) is 4.85. The monoisotopic (exact) mass is 245 g/mol. The van der Waals surface area contributed by atoms with Gasteiger partial charge in [-0.15, -0.1) is 11.3 Å². The SMILES string of the molecule is Cc1ccc(C(C)Nc2cccc(C)c2C)s1. The fraction of sp³-hybridized carbons (Fsp3) is 0.333. The minimum atomic E-state index is 0.370. The summed E-state index contributed by atoms with van der Waals surface area (Å²) in [6.07, 6.45) is 0. The molecule has 0 bridgehead atoms. The molecular weight excluding hydrogens is 226 g/mol. The zero-order valence-electron chi connectivity index (χ0n) is 10.9. The average molecular weight is 245 g/mol. The van der Waals surface area contributed by atoms with Gasteiger partial charge in [0, 0.05) is 15.4 Å². The van der Waals surface area contributed by atoms with Crippen LogP contribution in [0.25, 0.3) is 0 Å². The van der Waals surface area contributed by atoms with E-state index in [-0.39, 0.29) is 0 Å². The first-order valence-electron chi connectivity index (χ1n) is 5.97. The molecule has 0 saturated carbocycles. The molecule has 1 aromatic carbocycles. The fourth-order valence-electron chi connectivity index (χ4n) is 1.90. The normalized spacial score (nSPS) is 12.5. The van der Waals surface area contributed by atoms with Gasteiger partial charge in [0.15, 0.2) is 0 Å². The number of anilines is 1. The molecule has 17 heavy (non-hydrogen) atoms. The Morgan fingerprint density at radius 2 is 1.82 bits per heavy atom. The maximum Gasteiger partial charge on any atom is 0.0578 e. The van der Waals surface area contributed by atoms with Gasteiger partial charge in [0.25, 0.3) is 0 Å². The number of aryl methyl sites for hydroxylation is 2. The Morgan fingerprint density at radius 3 is 2.47 bits per heavy atom. The van der Waals surface area contributed by atoms with Crippen molar-refractivity contribution in [2.45, 2.75) is 33.7 Å². The van der Waals surface area contributed by atoms with E-state index < -0.39 is 0 Å². The van der Waals surface area contributed by atoms with Crippen molar-refractivity contribution in [1.29, 1.82) is 0 Å². The molecule has 0 amide bonds. The first kappa shape index (κ1) is 12.2. The Bertz CT molecular complexity index is 513. The summed E-state index contributed by atoms with van der Waals surface area (Å²) in [6.45, 7) is 8.69. The molecular formula is C15H19NS. The Kier molecular flexibility index (Phi) is 3.53. The predicted molar refractivity (Wildman–Crippen MR) is 77.0 cm³/mol. The lowest BCUT2D eigenvalue weighted by molar-refractivity contribution is 0.905. The van der Waals surface area contributed by atoms with Crippen molar-refractivity contribution >= 4 is 17.0 Å². The highest BCUT2D eigenvalue weighted by Gasteiger charge is 2.09. The second-order valence-corrected chi connectivity index (χ2v) is 5.88. The Balaban J connectivity index is 2.18. The highest BCUT2D eigenvalue weighted by atomic mass is 32.1. The van der Waals surface area contributed by atoms with E-state index >= 15 is 0 Å². The molecule has 2 rings (SSSR count). The van der Waals surface area contributed by atoms with Gasteiger partial charge in [-0.3, -0.25) is 0 Å². The van der Waals surface area contributed by atoms with E-state index in [0.29, 0.717) is 6.04 Å². The van der Waals surface area contributed by atoms with E-state index in [2.05, 4.69) is 63.3 Å². The summed E-state index contributed by atoms with van der Waals surface area (Å²) in [5.74, 6) is 0. The van der Waals surface area contributed by atoms with Crippen LogP contribution in [0.5, 0.6) is 0 Å². The van der Waals surface area contributed by atoms with Gasteiger partial charge in [-0.2, -0.15) is 0 Å². The largest absolute Gasteiger partial charge is 0.377 e. The number of thiophene rings is 1. The van der Waals surface area contributed by atoms with Gasteiger partial charge in [-0.05, 0) is 57.0 Å². The zero-order valence-corrected chi connectivity index (χ0v) is 11.7.